The number of carbonyl (C=O) groups excluding carboxylic acids is 1. The van der Waals surface area contributed by atoms with Gasteiger partial charge in [0.25, 0.3) is 0 Å². The number of nitrogens with one attached hydrogen (secondary N) is 3. The summed E-state index contributed by atoms with van der Waals surface area (Å²) in [5, 5.41) is 18.6. The van der Waals surface area contributed by atoms with Crippen LogP contribution in [0.3, 0.4) is 0 Å². The van der Waals surface area contributed by atoms with Gasteiger partial charge in [-0.2, -0.15) is 5.26 Å². The average Bonchev–Trinajstić information content (AvgIpc) is 3.45. The molecule has 3 N–H and O–H groups in total. The summed E-state index contributed by atoms with van der Waals surface area (Å²) in [5.74, 6) is 0.00672. The fourth-order valence-corrected chi connectivity index (χ4v) is 4.39. The molecule has 0 saturated heterocycles. The van der Waals surface area contributed by atoms with E-state index in [4.69, 9.17) is 5.26 Å². The zero-order valence-electron chi connectivity index (χ0n) is 16.6. The van der Waals surface area contributed by atoms with Crippen LogP contribution in [0.25, 0.3) is 10.9 Å². The smallest absolute Gasteiger partial charge is 0.241 e. The van der Waals surface area contributed by atoms with Gasteiger partial charge in [-0.3, -0.25) is 4.79 Å². The number of rotatable bonds is 7. The second kappa shape index (κ2) is 8.95. The van der Waals surface area contributed by atoms with Gasteiger partial charge >= 0.3 is 0 Å². The second-order valence-corrected chi connectivity index (χ2v) is 8.15. The van der Waals surface area contributed by atoms with Crippen LogP contribution in [-0.2, 0) is 4.79 Å². The van der Waals surface area contributed by atoms with Gasteiger partial charge in [0, 0.05) is 40.1 Å². The number of hydrogen-bond acceptors (Lipinski definition) is 4. The Bertz CT molecular complexity index is 1190. The van der Waals surface area contributed by atoms with Crippen LogP contribution < -0.4 is 10.6 Å². The molecule has 4 rings (SSSR count). The van der Waals surface area contributed by atoms with Crippen molar-refractivity contribution in [3.63, 3.8) is 0 Å². The lowest BCUT2D eigenvalue weighted by atomic mass is 9.96. The lowest BCUT2D eigenvalue weighted by Gasteiger charge is -2.20. The molecule has 0 aliphatic carbocycles. The first kappa shape index (κ1) is 19.9. The SMILES string of the molecule is C[C@@H](NC[C@H](c1cccs1)c1c[nH]c2ccccc12)C(=O)Nc1cccc(C#N)c1. The molecule has 1 amide bonds. The van der Waals surface area contributed by atoms with Crippen LogP contribution in [0, 0.1) is 11.3 Å². The minimum absolute atomic E-state index is 0.131. The molecule has 30 heavy (non-hydrogen) atoms. The molecule has 6 heteroatoms. The Labute approximate surface area is 179 Å². The number of anilines is 1. The van der Waals surface area contributed by atoms with Gasteiger partial charge < -0.3 is 15.6 Å². The Kier molecular flexibility index (Phi) is 5.94. The molecule has 2 heterocycles. The normalized spacial score (nSPS) is 12.9. The highest BCUT2D eigenvalue weighted by molar-refractivity contribution is 7.10. The van der Waals surface area contributed by atoms with E-state index >= 15 is 0 Å². The van der Waals surface area contributed by atoms with Crippen LogP contribution >= 0.6 is 11.3 Å². The van der Waals surface area contributed by atoms with Crippen molar-refractivity contribution in [1.82, 2.24) is 10.3 Å². The molecule has 0 unspecified atom stereocenters. The lowest BCUT2D eigenvalue weighted by Crippen LogP contribution is -2.40. The topological polar surface area (TPSA) is 80.7 Å². The van der Waals surface area contributed by atoms with Gasteiger partial charge in [0.2, 0.25) is 5.91 Å². The van der Waals surface area contributed by atoms with E-state index in [1.165, 1.54) is 15.8 Å². The fourth-order valence-electron chi connectivity index (χ4n) is 3.54. The first-order chi connectivity index (χ1) is 14.7. The Morgan fingerprint density at radius 3 is 2.83 bits per heavy atom. The highest BCUT2D eigenvalue weighted by Gasteiger charge is 2.21. The standard InChI is InChI=1S/C24H22N4OS/c1-16(24(29)28-18-7-4-6-17(12-18)13-25)26-15-21(23-10-5-11-30-23)20-14-27-22-9-3-2-8-19(20)22/h2-12,14,16,21,26-27H,15H2,1H3,(H,28,29)/t16-,21+/m1/s1. The first-order valence-electron chi connectivity index (χ1n) is 9.79. The van der Waals surface area contributed by atoms with Gasteiger partial charge in [-0.1, -0.05) is 30.3 Å². The Morgan fingerprint density at radius 1 is 1.17 bits per heavy atom. The van der Waals surface area contributed by atoms with Crippen molar-refractivity contribution in [2.75, 3.05) is 11.9 Å². The molecule has 0 spiro atoms. The van der Waals surface area contributed by atoms with Crippen LogP contribution in [-0.4, -0.2) is 23.5 Å². The third kappa shape index (κ3) is 4.28. The van der Waals surface area contributed by atoms with Gasteiger partial charge in [0.1, 0.15) is 0 Å². The number of para-hydroxylation sites is 1. The zero-order chi connectivity index (χ0) is 20.9. The maximum atomic E-state index is 12.6. The number of nitrogens with zero attached hydrogens (tertiary/aromatic N) is 1. The van der Waals surface area contributed by atoms with Gasteiger partial charge in [0.15, 0.2) is 0 Å². The van der Waals surface area contributed by atoms with Crippen molar-refractivity contribution in [2.45, 2.75) is 18.9 Å². The van der Waals surface area contributed by atoms with Crippen LogP contribution in [0.4, 0.5) is 5.69 Å². The molecule has 150 valence electrons. The summed E-state index contributed by atoms with van der Waals surface area (Å²) in [7, 11) is 0. The summed E-state index contributed by atoms with van der Waals surface area (Å²) >= 11 is 1.72. The van der Waals surface area contributed by atoms with E-state index in [0.29, 0.717) is 17.8 Å². The molecule has 0 aliphatic heterocycles. The minimum atomic E-state index is -0.386. The molecule has 0 saturated carbocycles. The molecule has 2 aromatic heterocycles. The number of aromatic nitrogens is 1. The number of hydrogen-bond donors (Lipinski definition) is 3. The highest BCUT2D eigenvalue weighted by atomic mass is 32.1. The molecule has 0 radical (unpaired) electrons. The Balaban J connectivity index is 1.49. The molecule has 4 aromatic rings. The van der Waals surface area contributed by atoms with Crippen molar-refractivity contribution in [3.8, 4) is 6.07 Å². The summed E-state index contributed by atoms with van der Waals surface area (Å²) < 4.78 is 0. The van der Waals surface area contributed by atoms with Crippen LogP contribution in [0.1, 0.15) is 28.8 Å². The number of fused-ring (bicyclic) bond motifs is 1. The lowest BCUT2D eigenvalue weighted by molar-refractivity contribution is -0.117. The second-order valence-electron chi connectivity index (χ2n) is 7.17. The van der Waals surface area contributed by atoms with E-state index in [1.54, 1.807) is 35.6 Å². The van der Waals surface area contributed by atoms with Gasteiger partial charge in [-0.25, -0.2) is 0 Å². The zero-order valence-corrected chi connectivity index (χ0v) is 17.4. The minimum Gasteiger partial charge on any atom is -0.361 e. The van der Waals surface area contributed by atoms with E-state index in [-0.39, 0.29) is 17.9 Å². The molecule has 2 aromatic carbocycles. The van der Waals surface area contributed by atoms with E-state index in [2.05, 4.69) is 57.5 Å². The summed E-state index contributed by atoms with van der Waals surface area (Å²) in [6, 6.07) is 21.1. The quantitative estimate of drug-likeness (QED) is 0.404. The molecular formula is C24H22N4OS. The van der Waals surface area contributed by atoms with E-state index in [0.717, 1.165) is 5.52 Å². The number of thiophene rings is 1. The predicted molar refractivity (Wildman–Crippen MR) is 122 cm³/mol. The third-order valence-electron chi connectivity index (χ3n) is 5.16. The third-order valence-corrected chi connectivity index (χ3v) is 6.15. The van der Waals surface area contributed by atoms with Crippen molar-refractivity contribution in [2.24, 2.45) is 0 Å². The first-order valence-corrected chi connectivity index (χ1v) is 10.7. The fraction of sp³-hybridized carbons (Fsp3) is 0.167. The molecule has 5 nitrogen and oxygen atoms in total. The van der Waals surface area contributed by atoms with Crippen molar-refractivity contribution in [1.29, 1.82) is 5.26 Å². The molecule has 0 fully saturated rings. The largest absolute Gasteiger partial charge is 0.361 e. The summed E-state index contributed by atoms with van der Waals surface area (Å²) in [4.78, 5) is 17.3. The highest BCUT2D eigenvalue weighted by Crippen LogP contribution is 2.32. The maximum absolute atomic E-state index is 12.6. The van der Waals surface area contributed by atoms with Gasteiger partial charge in [-0.15, -0.1) is 11.3 Å². The molecule has 2 atom stereocenters. The Morgan fingerprint density at radius 2 is 2.03 bits per heavy atom. The summed E-state index contributed by atoms with van der Waals surface area (Å²) in [5.41, 5.74) is 3.47. The summed E-state index contributed by atoms with van der Waals surface area (Å²) in [6.07, 6.45) is 2.06. The van der Waals surface area contributed by atoms with E-state index in [1.807, 2.05) is 19.1 Å². The number of amides is 1. The van der Waals surface area contributed by atoms with E-state index < -0.39 is 0 Å². The number of carbonyl (C=O) groups is 1. The van der Waals surface area contributed by atoms with Crippen LogP contribution in [0.5, 0.6) is 0 Å². The Hall–Kier alpha value is -3.40. The number of benzene rings is 2. The van der Waals surface area contributed by atoms with Gasteiger partial charge in [-0.05, 0) is 48.2 Å². The number of H-pyrrole nitrogens is 1. The van der Waals surface area contributed by atoms with Gasteiger partial charge in [0.05, 0.1) is 17.7 Å². The molecule has 0 bridgehead atoms. The number of aromatic amines is 1. The monoisotopic (exact) mass is 414 g/mol. The van der Waals surface area contributed by atoms with Crippen molar-refractivity contribution >= 4 is 33.8 Å². The maximum Gasteiger partial charge on any atom is 0.241 e. The van der Waals surface area contributed by atoms with Crippen LogP contribution in [0.15, 0.2) is 72.2 Å². The van der Waals surface area contributed by atoms with Crippen LogP contribution in [0.2, 0.25) is 0 Å². The summed E-state index contributed by atoms with van der Waals surface area (Å²) in [6.45, 7) is 2.49. The molecular weight excluding hydrogens is 392 g/mol. The van der Waals surface area contributed by atoms with Crippen molar-refractivity contribution in [3.05, 3.63) is 88.2 Å². The predicted octanol–water partition coefficient (Wildman–Crippen LogP) is 4.85. The van der Waals surface area contributed by atoms with E-state index in [9.17, 15) is 4.79 Å². The van der Waals surface area contributed by atoms with Crippen molar-refractivity contribution < 1.29 is 4.79 Å². The average molecular weight is 415 g/mol. The number of nitriles is 1. The molecule has 0 aliphatic rings.